The Bertz CT molecular complexity index is 475. The van der Waals surface area contributed by atoms with Crippen LogP contribution in [-0.4, -0.2) is 35.3 Å². The Hall–Kier alpha value is -1.07. The van der Waals surface area contributed by atoms with Crippen LogP contribution in [0.25, 0.3) is 0 Å². The van der Waals surface area contributed by atoms with E-state index in [0.29, 0.717) is 5.92 Å². The van der Waals surface area contributed by atoms with Crippen LogP contribution in [0.4, 0.5) is 0 Å². The van der Waals surface area contributed by atoms with Crippen molar-refractivity contribution in [3.05, 3.63) is 18.0 Å². The van der Waals surface area contributed by atoms with Crippen molar-refractivity contribution >= 4 is 18.3 Å². The number of carbonyl (C=O) groups excluding carboxylic acids is 1. The lowest BCUT2D eigenvalue weighted by molar-refractivity contribution is -0.124. The maximum absolute atomic E-state index is 12.3. The Kier molecular flexibility index (Phi) is 4.70. The number of aromatic nitrogens is 2. The highest BCUT2D eigenvalue weighted by Gasteiger charge is 2.37. The summed E-state index contributed by atoms with van der Waals surface area (Å²) in [4.78, 5) is 12.3. The molecule has 5 nitrogen and oxygen atoms in total. The van der Waals surface area contributed by atoms with Gasteiger partial charge in [0.2, 0.25) is 5.91 Å². The van der Waals surface area contributed by atoms with Gasteiger partial charge in [0, 0.05) is 38.8 Å². The lowest BCUT2D eigenvalue weighted by Gasteiger charge is -2.17. The van der Waals surface area contributed by atoms with Gasteiger partial charge < -0.3 is 10.6 Å². The third-order valence-electron chi connectivity index (χ3n) is 4.52. The van der Waals surface area contributed by atoms with Gasteiger partial charge in [-0.25, -0.2) is 0 Å². The third kappa shape index (κ3) is 3.15. The molecular formula is C14H23ClN4O. The molecule has 2 fully saturated rings. The van der Waals surface area contributed by atoms with Gasteiger partial charge in [-0.2, -0.15) is 5.10 Å². The van der Waals surface area contributed by atoms with Crippen LogP contribution in [0.2, 0.25) is 0 Å². The van der Waals surface area contributed by atoms with E-state index in [2.05, 4.69) is 22.7 Å². The SMILES string of the molecule is CC1CC1CNC(=O)[C@H]1CNC[C@@H]1c1cnn(C)c1.Cl. The normalized spacial score (nSPS) is 31.7. The maximum atomic E-state index is 12.3. The van der Waals surface area contributed by atoms with Gasteiger partial charge in [-0.3, -0.25) is 9.48 Å². The molecule has 20 heavy (non-hydrogen) atoms. The van der Waals surface area contributed by atoms with Crippen molar-refractivity contribution in [2.24, 2.45) is 24.8 Å². The number of rotatable bonds is 4. The van der Waals surface area contributed by atoms with Gasteiger partial charge in [0.05, 0.1) is 12.1 Å². The van der Waals surface area contributed by atoms with Crippen molar-refractivity contribution in [2.75, 3.05) is 19.6 Å². The van der Waals surface area contributed by atoms with Gasteiger partial charge in [-0.05, 0) is 23.8 Å². The lowest BCUT2D eigenvalue weighted by Crippen LogP contribution is -2.35. The molecule has 0 bridgehead atoms. The summed E-state index contributed by atoms with van der Waals surface area (Å²) in [6, 6.07) is 0. The molecule has 2 heterocycles. The molecule has 1 aliphatic carbocycles. The molecule has 2 unspecified atom stereocenters. The summed E-state index contributed by atoms with van der Waals surface area (Å²) >= 11 is 0. The first-order valence-electron chi connectivity index (χ1n) is 7.12. The van der Waals surface area contributed by atoms with E-state index in [-0.39, 0.29) is 30.2 Å². The number of hydrogen-bond acceptors (Lipinski definition) is 3. The second-order valence-electron chi connectivity index (χ2n) is 6.04. The van der Waals surface area contributed by atoms with E-state index in [0.717, 1.165) is 31.1 Å². The number of hydrogen-bond donors (Lipinski definition) is 2. The maximum Gasteiger partial charge on any atom is 0.225 e. The second-order valence-corrected chi connectivity index (χ2v) is 6.04. The zero-order valence-electron chi connectivity index (χ0n) is 12.0. The predicted octanol–water partition coefficient (Wildman–Crippen LogP) is 0.917. The number of amides is 1. The van der Waals surface area contributed by atoms with Gasteiger partial charge in [0.15, 0.2) is 0 Å². The first-order valence-corrected chi connectivity index (χ1v) is 7.12. The summed E-state index contributed by atoms with van der Waals surface area (Å²) in [5, 5.41) is 10.6. The number of nitrogens with one attached hydrogen (secondary N) is 2. The van der Waals surface area contributed by atoms with E-state index in [1.807, 2.05) is 19.4 Å². The van der Waals surface area contributed by atoms with Gasteiger partial charge in [-0.1, -0.05) is 6.92 Å². The fourth-order valence-corrected chi connectivity index (χ4v) is 2.98. The molecule has 6 heteroatoms. The van der Waals surface area contributed by atoms with Gasteiger partial charge >= 0.3 is 0 Å². The molecule has 1 aliphatic heterocycles. The molecule has 0 aromatic carbocycles. The zero-order chi connectivity index (χ0) is 13.4. The summed E-state index contributed by atoms with van der Waals surface area (Å²) in [7, 11) is 1.91. The van der Waals surface area contributed by atoms with Crippen molar-refractivity contribution in [2.45, 2.75) is 19.3 Å². The Morgan fingerprint density at radius 1 is 1.55 bits per heavy atom. The first kappa shape index (κ1) is 15.3. The Labute approximate surface area is 125 Å². The molecule has 4 atom stereocenters. The molecule has 1 saturated carbocycles. The number of nitrogens with zero attached hydrogens (tertiary/aromatic N) is 2. The summed E-state index contributed by atoms with van der Waals surface area (Å²) < 4.78 is 1.80. The van der Waals surface area contributed by atoms with Crippen LogP contribution in [0.15, 0.2) is 12.4 Å². The number of aryl methyl sites for hydroxylation is 1. The molecule has 2 aliphatic rings. The van der Waals surface area contributed by atoms with E-state index in [1.165, 1.54) is 6.42 Å². The fourth-order valence-electron chi connectivity index (χ4n) is 2.98. The molecule has 1 aromatic rings. The molecule has 1 saturated heterocycles. The van der Waals surface area contributed by atoms with E-state index >= 15 is 0 Å². The summed E-state index contributed by atoms with van der Waals surface area (Å²) in [5.41, 5.74) is 1.16. The average Bonchev–Trinajstić information content (AvgIpc) is 2.84. The minimum Gasteiger partial charge on any atom is -0.356 e. The molecule has 0 radical (unpaired) electrons. The summed E-state index contributed by atoms with van der Waals surface area (Å²) in [6.07, 6.45) is 5.15. The Morgan fingerprint density at radius 2 is 2.30 bits per heavy atom. The van der Waals surface area contributed by atoms with Crippen LogP contribution in [0.3, 0.4) is 0 Å². The van der Waals surface area contributed by atoms with Gasteiger partial charge in [-0.15, -0.1) is 12.4 Å². The molecular weight excluding hydrogens is 276 g/mol. The van der Waals surface area contributed by atoms with Gasteiger partial charge in [0.25, 0.3) is 0 Å². The van der Waals surface area contributed by atoms with Crippen LogP contribution >= 0.6 is 12.4 Å². The van der Waals surface area contributed by atoms with Crippen LogP contribution in [0.5, 0.6) is 0 Å². The number of halogens is 1. The third-order valence-corrected chi connectivity index (χ3v) is 4.52. The minimum absolute atomic E-state index is 0. The molecule has 3 rings (SSSR count). The van der Waals surface area contributed by atoms with E-state index in [9.17, 15) is 4.79 Å². The van der Waals surface area contributed by atoms with Crippen LogP contribution in [0.1, 0.15) is 24.8 Å². The van der Waals surface area contributed by atoms with E-state index in [1.54, 1.807) is 4.68 Å². The molecule has 112 valence electrons. The van der Waals surface area contributed by atoms with E-state index < -0.39 is 0 Å². The van der Waals surface area contributed by atoms with Crippen molar-refractivity contribution in [1.29, 1.82) is 0 Å². The Balaban J connectivity index is 0.00000147. The van der Waals surface area contributed by atoms with Crippen molar-refractivity contribution in [3.63, 3.8) is 0 Å². The first-order chi connectivity index (χ1) is 9.15. The molecule has 1 amide bonds. The smallest absolute Gasteiger partial charge is 0.225 e. The second kappa shape index (κ2) is 6.14. The molecule has 2 N–H and O–H groups in total. The summed E-state index contributed by atoms with van der Waals surface area (Å²) in [6.45, 7) is 4.72. The minimum atomic E-state index is 0. The largest absolute Gasteiger partial charge is 0.356 e. The average molecular weight is 299 g/mol. The van der Waals surface area contributed by atoms with Crippen LogP contribution in [0, 0.1) is 17.8 Å². The van der Waals surface area contributed by atoms with Crippen LogP contribution < -0.4 is 10.6 Å². The van der Waals surface area contributed by atoms with Crippen molar-refractivity contribution in [3.8, 4) is 0 Å². The molecule has 1 aromatic heterocycles. The Morgan fingerprint density at radius 3 is 2.90 bits per heavy atom. The summed E-state index contributed by atoms with van der Waals surface area (Å²) in [5.74, 6) is 1.98. The highest BCUT2D eigenvalue weighted by Crippen LogP contribution is 2.37. The zero-order valence-corrected chi connectivity index (χ0v) is 12.8. The standard InChI is InChI=1S/C14H22N4O.ClH/c1-9-3-10(9)4-16-14(19)13-7-15-6-12(13)11-5-17-18(2)8-11;/h5,8-10,12-13,15H,3-4,6-7H2,1-2H3,(H,16,19);1H/t9?,10?,12-,13+;/m1./s1. The number of carbonyl (C=O) groups is 1. The highest BCUT2D eigenvalue weighted by atomic mass is 35.5. The predicted molar refractivity (Wildman–Crippen MR) is 79.8 cm³/mol. The topological polar surface area (TPSA) is 59.0 Å². The van der Waals surface area contributed by atoms with Crippen molar-refractivity contribution in [1.82, 2.24) is 20.4 Å². The van der Waals surface area contributed by atoms with Crippen molar-refractivity contribution < 1.29 is 4.79 Å². The highest BCUT2D eigenvalue weighted by molar-refractivity contribution is 5.85. The molecule has 0 spiro atoms. The quantitative estimate of drug-likeness (QED) is 0.869. The fraction of sp³-hybridized carbons (Fsp3) is 0.714. The lowest BCUT2D eigenvalue weighted by atomic mass is 9.90. The monoisotopic (exact) mass is 298 g/mol. The van der Waals surface area contributed by atoms with Crippen LogP contribution in [-0.2, 0) is 11.8 Å². The van der Waals surface area contributed by atoms with E-state index in [4.69, 9.17) is 0 Å². The van der Waals surface area contributed by atoms with Gasteiger partial charge in [0.1, 0.15) is 0 Å².